The zero-order valence-corrected chi connectivity index (χ0v) is 14.4. The lowest BCUT2D eigenvalue weighted by molar-refractivity contribution is 0.0728. The van der Waals surface area contributed by atoms with Crippen LogP contribution in [0.25, 0.3) is 5.65 Å². The number of hydrogen-bond donors (Lipinski definition) is 1. The number of anilines is 1. The van der Waals surface area contributed by atoms with Gasteiger partial charge in [-0.2, -0.15) is 5.10 Å². The van der Waals surface area contributed by atoms with Gasteiger partial charge in [0.15, 0.2) is 0 Å². The van der Waals surface area contributed by atoms with E-state index in [2.05, 4.69) is 20.5 Å². The third-order valence-corrected chi connectivity index (χ3v) is 4.50. The van der Waals surface area contributed by atoms with Crippen molar-refractivity contribution < 1.29 is 4.79 Å². The van der Waals surface area contributed by atoms with E-state index in [4.69, 9.17) is 0 Å². The minimum atomic E-state index is -0.0458. The maximum absolute atomic E-state index is 12.9. The Morgan fingerprint density at radius 2 is 2.20 bits per heavy atom. The minimum absolute atomic E-state index is 0.0458. The second-order valence-corrected chi connectivity index (χ2v) is 6.23. The van der Waals surface area contributed by atoms with Gasteiger partial charge in [0.2, 0.25) is 0 Å². The van der Waals surface area contributed by atoms with Gasteiger partial charge in [0, 0.05) is 37.9 Å². The molecule has 1 amide bonds. The van der Waals surface area contributed by atoms with Crippen molar-refractivity contribution >= 4 is 17.4 Å². The molecule has 0 bridgehead atoms. The minimum Gasteiger partial charge on any atom is -0.369 e. The molecule has 0 spiro atoms. The van der Waals surface area contributed by atoms with Crippen LogP contribution in [0.15, 0.2) is 30.5 Å². The monoisotopic (exact) mass is 336 g/mol. The Morgan fingerprint density at radius 1 is 1.32 bits per heavy atom. The fourth-order valence-electron chi connectivity index (χ4n) is 3.18. The van der Waals surface area contributed by atoms with E-state index in [1.807, 2.05) is 53.6 Å². The summed E-state index contributed by atoms with van der Waals surface area (Å²) in [7, 11) is 0. The Morgan fingerprint density at radius 3 is 3.00 bits per heavy atom. The van der Waals surface area contributed by atoms with Gasteiger partial charge in [-0.15, -0.1) is 5.10 Å². The molecule has 128 valence electrons. The molecule has 1 N–H and O–H groups in total. The highest BCUT2D eigenvalue weighted by molar-refractivity contribution is 5.93. The van der Waals surface area contributed by atoms with E-state index in [1.165, 1.54) is 0 Å². The summed E-state index contributed by atoms with van der Waals surface area (Å²) in [5.74, 6) is 0.703. The number of amides is 1. The molecule has 7 heteroatoms. The summed E-state index contributed by atoms with van der Waals surface area (Å²) in [6.45, 7) is 5.98. The standard InChI is InChI=1S/C18H20N6O/c1-3-19-16-9-13-10-23(8-7-14(13)21-22-16)18(25)15-11-24-12(2)5-4-6-17(24)20-15/h4-6,9,11H,3,7-8,10H2,1-2H3,(H,19,22). The summed E-state index contributed by atoms with van der Waals surface area (Å²) in [6.07, 6.45) is 2.53. The third kappa shape index (κ3) is 2.82. The largest absolute Gasteiger partial charge is 0.369 e. The van der Waals surface area contributed by atoms with Crippen LogP contribution in [0.1, 0.15) is 34.4 Å². The van der Waals surface area contributed by atoms with Crippen LogP contribution in [-0.4, -0.2) is 43.5 Å². The van der Waals surface area contributed by atoms with Crippen LogP contribution in [0, 0.1) is 6.92 Å². The second-order valence-electron chi connectivity index (χ2n) is 6.23. The Balaban J connectivity index is 1.60. The molecule has 4 heterocycles. The van der Waals surface area contributed by atoms with Crippen molar-refractivity contribution in [3.05, 3.63) is 53.1 Å². The first-order chi connectivity index (χ1) is 12.2. The normalized spacial score (nSPS) is 13.8. The summed E-state index contributed by atoms with van der Waals surface area (Å²) in [5, 5.41) is 11.6. The van der Waals surface area contributed by atoms with Crippen LogP contribution in [0.2, 0.25) is 0 Å². The summed E-state index contributed by atoms with van der Waals surface area (Å²) in [4.78, 5) is 19.2. The van der Waals surface area contributed by atoms with Gasteiger partial charge in [-0.25, -0.2) is 4.98 Å². The predicted molar refractivity (Wildman–Crippen MR) is 94.6 cm³/mol. The lowest BCUT2D eigenvalue weighted by Crippen LogP contribution is -2.36. The average molecular weight is 336 g/mol. The van der Waals surface area contributed by atoms with E-state index in [0.29, 0.717) is 25.2 Å². The number of rotatable bonds is 3. The van der Waals surface area contributed by atoms with Gasteiger partial charge in [0.25, 0.3) is 5.91 Å². The Bertz CT molecular complexity index is 948. The summed E-state index contributed by atoms with van der Waals surface area (Å²) in [6, 6.07) is 7.84. The molecular formula is C18H20N6O. The zero-order valence-electron chi connectivity index (χ0n) is 14.4. The number of carbonyl (C=O) groups is 1. The SMILES string of the molecule is CCNc1cc2c(nn1)CCN(C(=O)c1cn3c(C)cccc3n1)C2. The summed E-state index contributed by atoms with van der Waals surface area (Å²) < 4.78 is 1.94. The van der Waals surface area contributed by atoms with E-state index in [0.717, 1.165) is 35.0 Å². The maximum atomic E-state index is 12.9. The van der Waals surface area contributed by atoms with Crippen LogP contribution >= 0.6 is 0 Å². The first kappa shape index (κ1) is 15.6. The molecule has 4 rings (SSSR count). The molecule has 1 aliphatic rings. The fraction of sp³-hybridized carbons (Fsp3) is 0.333. The average Bonchev–Trinajstić information content (AvgIpc) is 3.06. The van der Waals surface area contributed by atoms with E-state index in [9.17, 15) is 4.79 Å². The molecular weight excluding hydrogens is 316 g/mol. The smallest absolute Gasteiger partial charge is 0.274 e. The van der Waals surface area contributed by atoms with Crippen LogP contribution in [-0.2, 0) is 13.0 Å². The van der Waals surface area contributed by atoms with Crippen molar-refractivity contribution in [2.24, 2.45) is 0 Å². The second kappa shape index (κ2) is 6.16. The summed E-state index contributed by atoms with van der Waals surface area (Å²) >= 11 is 0. The van der Waals surface area contributed by atoms with E-state index in [-0.39, 0.29) is 5.91 Å². The van der Waals surface area contributed by atoms with Crippen LogP contribution in [0.4, 0.5) is 5.82 Å². The van der Waals surface area contributed by atoms with Crippen LogP contribution < -0.4 is 5.32 Å². The number of pyridine rings is 1. The van der Waals surface area contributed by atoms with Crippen molar-refractivity contribution in [2.75, 3.05) is 18.4 Å². The maximum Gasteiger partial charge on any atom is 0.274 e. The Labute approximate surface area is 145 Å². The molecule has 0 unspecified atom stereocenters. The van der Waals surface area contributed by atoms with Gasteiger partial charge < -0.3 is 14.6 Å². The van der Waals surface area contributed by atoms with Gasteiger partial charge in [0.05, 0.1) is 5.69 Å². The van der Waals surface area contributed by atoms with Gasteiger partial charge in [-0.05, 0) is 37.6 Å². The molecule has 0 aliphatic carbocycles. The van der Waals surface area contributed by atoms with Gasteiger partial charge >= 0.3 is 0 Å². The number of nitrogens with zero attached hydrogens (tertiary/aromatic N) is 5. The molecule has 0 atom stereocenters. The Hall–Kier alpha value is -2.96. The molecule has 0 saturated carbocycles. The predicted octanol–water partition coefficient (Wildman–Crippen LogP) is 2.06. The van der Waals surface area contributed by atoms with Crippen molar-refractivity contribution in [1.82, 2.24) is 24.5 Å². The molecule has 0 radical (unpaired) electrons. The third-order valence-electron chi connectivity index (χ3n) is 4.50. The number of carbonyl (C=O) groups excluding carboxylic acids is 1. The topological polar surface area (TPSA) is 75.4 Å². The molecule has 3 aromatic rings. The number of fused-ring (bicyclic) bond motifs is 2. The van der Waals surface area contributed by atoms with Crippen molar-refractivity contribution in [3.63, 3.8) is 0 Å². The number of imidazole rings is 1. The first-order valence-electron chi connectivity index (χ1n) is 8.49. The van der Waals surface area contributed by atoms with E-state index in [1.54, 1.807) is 0 Å². The van der Waals surface area contributed by atoms with Crippen molar-refractivity contribution in [1.29, 1.82) is 0 Å². The molecule has 0 saturated heterocycles. The molecule has 1 aliphatic heterocycles. The van der Waals surface area contributed by atoms with E-state index >= 15 is 0 Å². The molecule has 7 nitrogen and oxygen atoms in total. The van der Waals surface area contributed by atoms with Gasteiger partial charge in [0.1, 0.15) is 17.2 Å². The van der Waals surface area contributed by atoms with Gasteiger partial charge in [-0.3, -0.25) is 4.79 Å². The highest BCUT2D eigenvalue weighted by Gasteiger charge is 2.25. The molecule has 0 aromatic carbocycles. The lowest BCUT2D eigenvalue weighted by Gasteiger charge is -2.27. The van der Waals surface area contributed by atoms with Crippen LogP contribution in [0.3, 0.4) is 0 Å². The number of hydrogen-bond acceptors (Lipinski definition) is 5. The molecule has 3 aromatic heterocycles. The van der Waals surface area contributed by atoms with E-state index < -0.39 is 0 Å². The van der Waals surface area contributed by atoms with Crippen molar-refractivity contribution in [3.8, 4) is 0 Å². The Kier molecular flexibility index (Phi) is 3.83. The first-order valence-corrected chi connectivity index (χ1v) is 8.49. The zero-order chi connectivity index (χ0) is 17.4. The highest BCUT2D eigenvalue weighted by atomic mass is 16.2. The summed E-state index contributed by atoms with van der Waals surface area (Å²) in [5.41, 5.74) is 4.34. The van der Waals surface area contributed by atoms with Gasteiger partial charge in [-0.1, -0.05) is 6.07 Å². The van der Waals surface area contributed by atoms with Crippen LogP contribution in [0.5, 0.6) is 0 Å². The number of aryl methyl sites for hydroxylation is 1. The number of nitrogens with one attached hydrogen (secondary N) is 1. The number of aromatic nitrogens is 4. The molecule has 0 fully saturated rings. The fourth-order valence-corrected chi connectivity index (χ4v) is 3.18. The lowest BCUT2D eigenvalue weighted by atomic mass is 10.1. The van der Waals surface area contributed by atoms with Crippen molar-refractivity contribution in [2.45, 2.75) is 26.8 Å². The quantitative estimate of drug-likeness (QED) is 0.792. The highest BCUT2D eigenvalue weighted by Crippen LogP contribution is 2.21. The molecule has 25 heavy (non-hydrogen) atoms.